The zero-order valence-corrected chi connectivity index (χ0v) is 13.9. The Morgan fingerprint density at radius 1 is 1.29 bits per heavy atom. The van der Waals surface area contributed by atoms with Crippen molar-refractivity contribution in [2.24, 2.45) is 0 Å². The fourth-order valence-corrected chi connectivity index (χ4v) is 3.02. The molecule has 128 valence electrons. The summed E-state index contributed by atoms with van der Waals surface area (Å²) in [4.78, 5) is 12.2. The van der Waals surface area contributed by atoms with E-state index in [0.717, 1.165) is 19.1 Å². The number of carbonyl (C=O) groups excluding carboxylic acids is 1. The van der Waals surface area contributed by atoms with Gasteiger partial charge in [0, 0.05) is 12.9 Å². The average Bonchev–Trinajstić information content (AvgIpc) is 3.17. The Morgan fingerprint density at radius 3 is 2.67 bits per heavy atom. The van der Waals surface area contributed by atoms with Crippen molar-refractivity contribution in [3.05, 3.63) is 35.7 Å². The smallest absolute Gasteiger partial charge is 0.322 e. The van der Waals surface area contributed by atoms with Gasteiger partial charge in [-0.05, 0) is 30.5 Å². The average molecular weight is 351 g/mol. The lowest BCUT2D eigenvalue weighted by Gasteiger charge is -2.03. The van der Waals surface area contributed by atoms with Crippen molar-refractivity contribution in [3.8, 4) is 0 Å². The molecule has 1 saturated heterocycles. The first kappa shape index (κ1) is 16.6. The molecule has 1 atom stereocenters. The van der Waals surface area contributed by atoms with Crippen molar-refractivity contribution in [1.29, 1.82) is 0 Å². The van der Waals surface area contributed by atoms with Gasteiger partial charge in [-0.1, -0.05) is 17.2 Å². The number of ether oxygens (including phenoxy) is 1. The van der Waals surface area contributed by atoms with E-state index in [2.05, 4.69) is 15.5 Å². The zero-order chi connectivity index (χ0) is 17.2. The summed E-state index contributed by atoms with van der Waals surface area (Å²) in [6.45, 7) is 0.665. The molecule has 0 aliphatic carbocycles. The van der Waals surface area contributed by atoms with E-state index in [4.69, 9.17) is 9.15 Å². The van der Waals surface area contributed by atoms with Crippen LogP contribution in [0.1, 0.15) is 30.4 Å². The molecule has 1 aliphatic heterocycles. The van der Waals surface area contributed by atoms with Gasteiger partial charge in [0.05, 0.1) is 11.3 Å². The van der Waals surface area contributed by atoms with Crippen molar-refractivity contribution in [1.82, 2.24) is 10.2 Å². The number of aromatic nitrogens is 2. The molecule has 1 aromatic heterocycles. The fourth-order valence-electron chi connectivity index (χ4n) is 2.39. The van der Waals surface area contributed by atoms with Crippen LogP contribution in [0.4, 0.5) is 6.01 Å². The summed E-state index contributed by atoms with van der Waals surface area (Å²) in [5.41, 5.74) is 0.679. The Balaban J connectivity index is 1.59. The van der Waals surface area contributed by atoms with Gasteiger partial charge in [0.1, 0.15) is 6.10 Å². The van der Waals surface area contributed by atoms with Gasteiger partial charge in [0.15, 0.2) is 9.84 Å². The molecule has 9 heteroatoms. The lowest BCUT2D eigenvalue weighted by molar-refractivity contribution is -0.115. The highest BCUT2D eigenvalue weighted by Crippen LogP contribution is 2.28. The first-order chi connectivity index (χ1) is 11.4. The number of hydrogen-bond acceptors (Lipinski definition) is 7. The molecule has 2 heterocycles. The predicted molar refractivity (Wildman–Crippen MR) is 84.1 cm³/mol. The van der Waals surface area contributed by atoms with Gasteiger partial charge in [-0.3, -0.25) is 10.1 Å². The number of anilines is 1. The van der Waals surface area contributed by atoms with Crippen LogP contribution in [0.5, 0.6) is 0 Å². The Morgan fingerprint density at radius 2 is 2.04 bits per heavy atom. The van der Waals surface area contributed by atoms with E-state index >= 15 is 0 Å². The number of nitrogens with zero attached hydrogens (tertiary/aromatic N) is 2. The van der Waals surface area contributed by atoms with Crippen LogP contribution in [0.25, 0.3) is 0 Å². The van der Waals surface area contributed by atoms with E-state index in [1.54, 1.807) is 12.1 Å². The first-order valence-electron chi connectivity index (χ1n) is 7.46. The molecule has 1 aromatic carbocycles. The van der Waals surface area contributed by atoms with E-state index in [1.807, 2.05) is 0 Å². The molecule has 8 nitrogen and oxygen atoms in total. The highest BCUT2D eigenvalue weighted by atomic mass is 32.2. The monoisotopic (exact) mass is 351 g/mol. The topological polar surface area (TPSA) is 111 Å². The third-order valence-electron chi connectivity index (χ3n) is 3.61. The van der Waals surface area contributed by atoms with E-state index in [9.17, 15) is 13.2 Å². The number of carbonyl (C=O) groups is 1. The molecule has 1 N–H and O–H groups in total. The van der Waals surface area contributed by atoms with Crippen molar-refractivity contribution in [2.45, 2.75) is 30.3 Å². The van der Waals surface area contributed by atoms with Crippen molar-refractivity contribution in [3.63, 3.8) is 0 Å². The minimum Gasteiger partial charge on any atom is -0.405 e. The largest absolute Gasteiger partial charge is 0.405 e. The van der Waals surface area contributed by atoms with Gasteiger partial charge in [-0.15, -0.1) is 5.10 Å². The lowest BCUT2D eigenvalue weighted by atomic mass is 10.1. The Kier molecular flexibility index (Phi) is 4.63. The van der Waals surface area contributed by atoms with Gasteiger partial charge < -0.3 is 9.15 Å². The molecule has 0 radical (unpaired) electrons. The molecular formula is C15H17N3O5S. The predicted octanol–water partition coefficient (Wildman–Crippen LogP) is 1.51. The second-order valence-corrected chi connectivity index (χ2v) is 7.60. The summed E-state index contributed by atoms with van der Waals surface area (Å²) in [6.07, 6.45) is 2.77. The number of sulfone groups is 1. The standard InChI is InChI=1S/C15H17N3O5S/c1-24(20,21)11-6-4-10(5-7-11)9-13(19)16-15-18-17-14(23-15)12-3-2-8-22-12/h4-7,12H,2-3,8-9H2,1H3,(H,16,18,19)/t12-/m1/s1. The molecular weight excluding hydrogens is 334 g/mol. The van der Waals surface area contributed by atoms with Crippen LogP contribution >= 0.6 is 0 Å². The minimum atomic E-state index is -3.25. The molecule has 0 saturated carbocycles. The summed E-state index contributed by atoms with van der Waals surface area (Å²) >= 11 is 0. The maximum Gasteiger partial charge on any atom is 0.322 e. The summed E-state index contributed by atoms with van der Waals surface area (Å²) in [5, 5.41) is 10.2. The molecule has 24 heavy (non-hydrogen) atoms. The first-order valence-corrected chi connectivity index (χ1v) is 9.35. The third kappa shape index (κ3) is 3.98. The van der Waals surface area contributed by atoms with Crippen LogP contribution in [-0.2, 0) is 25.8 Å². The van der Waals surface area contributed by atoms with Gasteiger partial charge in [-0.2, -0.15) is 0 Å². The quantitative estimate of drug-likeness (QED) is 0.869. The molecule has 1 aliphatic rings. The molecule has 1 fully saturated rings. The molecule has 0 bridgehead atoms. The Labute approximate surface area is 139 Å². The van der Waals surface area contributed by atoms with Gasteiger partial charge in [0.2, 0.25) is 11.8 Å². The second-order valence-electron chi connectivity index (χ2n) is 5.59. The number of hydrogen-bond donors (Lipinski definition) is 1. The lowest BCUT2D eigenvalue weighted by Crippen LogP contribution is -2.14. The summed E-state index contributed by atoms with van der Waals surface area (Å²) in [7, 11) is -3.25. The minimum absolute atomic E-state index is 0.0262. The van der Waals surface area contributed by atoms with Crippen molar-refractivity contribution < 1.29 is 22.4 Å². The second kappa shape index (κ2) is 6.70. The number of nitrogens with one attached hydrogen (secondary N) is 1. The zero-order valence-electron chi connectivity index (χ0n) is 13.1. The van der Waals surface area contributed by atoms with Crippen LogP contribution in [0.15, 0.2) is 33.6 Å². The molecule has 1 amide bonds. The normalized spacial score (nSPS) is 17.8. The summed E-state index contributed by atoms with van der Waals surface area (Å²) in [5.74, 6) is 0.0324. The van der Waals surface area contributed by atoms with Crippen molar-refractivity contribution >= 4 is 21.8 Å². The molecule has 3 rings (SSSR count). The van der Waals surface area contributed by atoms with Gasteiger partial charge in [0.25, 0.3) is 0 Å². The molecule has 0 unspecified atom stereocenters. The highest BCUT2D eigenvalue weighted by molar-refractivity contribution is 7.90. The van der Waals surface area contributed by atoms with Crippen LogP contribution in [0, 0.1) is 0 Å². The SMILES string of the molecule is CS(=O)(=O)c1ccc(CC(=O)Nc2nnc([C@H]3CCCO3)o2)cc1. The summed E-state index contributed by atoms with van der Waals surface area (Å²) < 4.78 is 33.6. The summed E-state index contributed by atoms with van der Waals surface area (Å²) in [6, 6.07) is 6.17. The number of rotatable bonds is 5. The highest BCUT2D eigenvalue weighted by Gasteiger charge is 2.24. The molecule has 2 aromatic rings. The number of benzene rings is 1. The third-order valence-corrected chi connectivity index (χ3v) is 4.74. The Bertz CT molecular complexity index is 823. The van der Waals surface area contributed by atoms with Gasteiger partial charge in [-0.25, -0.2) is 8.42 Å². The van der Waals surface area contributed by atoms with Gasteiger partial charge >= 0.3 is 6.01 Å². The van der Waals surface area contributed by atoms with E-state index in [1.165, 1.54) is 12.1 Å². The van der Waals surface area contributed by atoms with Crippen molar-refractivity contribution in [2.75, 3.05) is 18.2 Å². The van der Waals surface area contributed by atoms with Crippen LogP contribution in [-0.4, -0.2) is 37.4 Å². The fraction of sp³-hybridized carbons (Fsp3) is 0.400. The Hall–Kier alpha value is -2.26. The van der Waals surface area contributed by atoms with E-state index in [-0.39, 0.29) is 29.3 Å². The maximum atomic E-state index is 12.0. The van der Waals surface area contributed by atoms with E-state index in [0.29, 0.717) is 18.1 Å². The van der Waals surface area contributed by atoms with Crippen LogP contribution < -0.4 is 5.32 Å². The van der Waals surface area contributed by atoms with Crippen LogP contribution in [0.3, 0.4) is 0 Å². The van der Waals surface area contributed by atoms with Crippen LogP contribution in [0.2, 0.25) is 0 Å². The number of amides is 1. The molecule has 0 spiro atoms. The van der Waals surface area contributed by atoms with E-state index < -0.39 is 9.84 Å². The maximum absolute atomic E-state index is 12.0.